The normalized spacial score (nSPS) is 12.0. The summed E-state index contributed by atoms with van der Waals surface area (Å²) in [5.41, 5.74) is 8.54. The molecular weight excluding hydrogens is 286 g/mol. The second kappa shape index (κ2) is 5.50. The number of rotatable bonds is 3. The molecule has 0 aliphatic heterocycles. The smallest absolute Gasteiger partial charge is 0.170 e. The number of fused-ring (bicyclic) bond motifs is 1. The van der Waals surface area contributed by atoms with Crippen molar-refractivity contribution >= 4 is 28.3 Å². The van der Waals surface area contributed by atoms with Crippen molar-refractivity contribution < 1.29 is 5.21 Å². The Morgan fingerprint density at radius 2 is 2.05 bits per heavy atom. The van der Waals surface area contributed by atoms with Crippen molar-refractivity contribution in [1.29, 1.82) is 0 Å². The molecule has 0 bridgehead atoms. The number of nitrogens with zero attached hydrogens (tertiary/aromatic N) is 2. The largest absolute Gasteiger partial charge is 0.409 e. The van der Waals surface area contributed by atoms with Crippen LogP contribution < -0.4 is 5.73 Å². The van der Waals surface area contributed by atoms with Gasteiger partial charge in [-0.2, -0.15) is 0 Å². The van der Waals surface area contributed by atoms with E-state index < -0.39 is 0 Å². The highest BCUT2D eigenvalue weighted by molar-refractivity contribution is 6.30. The van der Waals surface area contributed by atoms with Crippen LogP contribution in [0.4, 0.5) is 0 Å². The first kappa shape index (κ1) is 13.5. The summed E-state index contributed by atoms with van der Waals surface area (Å²) in [6.45, 7) is 0.743. The SMILES string of the molecule is N/C(=N/O)c1ccc2c(ccn2Cc2cccc(Cl)c2)c1. The van der Waals surface area contributed by atoms with Crippen molar-refractivity contribution in [1.82, 2.24) is 4.57 Å². The van der Waals surface area contributed by atoms with Crippen LogP contribution in [0, 0.1) is 0 Å². The molecule has 0 saturated carbocycles. The average molecular weight is 300 g/mol. The number of oxime groups is 1. The molecule has 3 rings (SSSR count). The van der Waals surface area contributed by atoms with E-state index in [4.69, 9.17) is 22.5 Å². The summed E-state index contributed by atoms with van der Waals surface area (Å²) in [7, 11) is 0. The van der Waals surface area contributed by atoms with Gasteiger partial charge in [0.1, 0.15) is 0 Å². The van der Waals surface area contributed by atoms with Gasteiger partial charge in [-0.3, -0.25) is 0 Å². The van der Waals surface area contributed by atoms with Gasteiger partial charge < -0.3 is 15.5 Å². The van der Waals surface area contributed by atoms with Crippen LogP contribution in [0.1, 0.15) is 11.1 Å². The Balaban J connectivity index is 1.97. The molecule has 0 radical (unpaired) electrons. The van der Waals surface area contributed by atoms with Crippen LogP contribution in [0.5, 0.6) is 0 Å². The van der Waals surface area contributed by atoms with Gasteiger partial charge in [0.2, 0.25) is 0 Å². The van der Waals surface area contributed by atoms with E-state index in [1.807, 2.05) is 54.7 Å². The van der Waals surface area contributed by atoms with Gasteiger partial charge in [0.15, 0.2) is 5.84 Å². The van der Waals surface area contributed by atoms with E-state index in [1.165, 1.54) is 0 Å². The summed E-state index contributed by atoms with van der Waals surface area (Å²) in [5, 5.41) is 13.5. The predicted octanol–water partition coefficient (Wildman–Crippen LogP) is 3.44. The number of amidine groups is 1. The highest BCUT2D eigenvalue weighted by Crippen LogP contribution is 2.20. The van der Waals surface area contributed by atoms with Crippen molar-refractivity contribution in [3.63, 3.8) is 0 Å². The van der Waals surface area contributed by atoms with Gasteiger partial charge in [-0.25, -0.2) is 0 Å². The van der Waals surface area contributed by atoms with E-state index in [1.54, 1.807) is 0 Å². The van der Waals surface area contributed by atoms with Gasteiger partial charge >= 0.3 is 0 Å². The molecule has 0 fully saturated rings. The first-order valence-electron chi connectivity index (χ1n) is 6.48. The zero-order chi connectivity index (χ0) is 14.8. The Morgan fingerprint density at radius 1 is 1.19 bits per heavy atom. The maximum Gasteiger partial charge on any atom is 0.170 e. The molecule has 21 heavy (non-hydrogen) atoms. The summed E-state index contributed by atoms with van der Waals surface area (Å²) in [4.78, 5) is 0. The lowest BCUT2D eigenvalue weighted by atomic mass is 10.1. The van der Waals surface area contributed by atoms with Gasteiger partial charge in [0.25, 0.3) is 0 Å². The van der Waals surface area contributed by atoms with Crippen molar-refractivity contribution in [2.75, 3.05) is 0 Å². The molecule has 4 nitrogen and oxygen atoms in total. The molecule has 2 aromatic carbocycles. The molecular formula is C16H14ClN3O. The number of halogens is 1. The fourth-order valence-corrected chi connectivity index (χ4v) is 2.60. The van der Waals surface area contributed by atoms with E-state index >= 15 is 0 Å². The number of benzene rings is 2. The Bertz CT molecular complexity index is 823. The van der Waals surface area contributed by atoms with Gasteiger partial charge in [-0.05, 0) is 42.0 Å². The fraction of sp³-hybridized carbons (Fsp3) is 0.0625. The van der Waals surface area contributed by atoms with Crippen LogP contribution in [0.3, 0.4) is 0 Å². The molecule has 0 saturated heterocycles. The minimum absolute atomic E-state index is 0.111. The van der Waals surface area contributed by atoms with Crippen molar-refractivity contribution in [2.45, 2.75) is 6.54 Å². The molecule has 5 heteroatoms. The lowest BCUT2D eigenvalue weighted by molar-refractivity contribution is 0.318. The molecule has 0 spiro atoms. The maximum atomic E-state index is 8.73. The summed E-state index contributed by atoms with van der Waals surface area (Å²) >= 11 is 6.01. The van der Waals surface area contributed by atoms with E-state index in [2.05, 4.69) is 9.72 Å². The Hall–Kier alpha value is -2.46. The molecule has 0 unspecified atom stereocenters. The van der Waals surface area contributed by atoms with Crippen molar-refractivity contribution in [2.24, 2.45) is 10.9 Å². The molecule has 106 valence electrons. The van der Waals surface area contributed by atoms with Crippen LogP contribution in [0.15, 0.2) is 59.9 Å². The zero-order valence-corrected chi connectivity index (χ0v) is 12.0. The molecule has 3 N–H and O–H groups in total. The summed E-state index contributed by atoms with van der Waals surface area (Å²) in [6.07, 6.45) is 2.02. The second-order valence-electron chi connectivity index (χ2n) is 4.83. The second-order valence-corrected chi connectivity index (χ2v) is 5.27. The highest BCUT2D eigenvalue weighted by Gasteiger charge is 2.05. The van der Waals surface area contributed by atoms with Gasteiger partial charge in [0.05, 0.1) is 0 Å². The highest BCUT2D eigenvalue weighted by atomic mass is 35.5. The third-order valence-corrected chi connectivity index (χ3v) is 3.65. The Labute approximate surface area is 127 Å². The van der Waals surface area contributed by atoms with E-state index in [9.17, 15) is 0 Å². The molecule has 1 heterocycles. The van der Waals surface area contributed by atoms with Gasteiger partial charge in [-0.1, -0.05) is 28.9 Å². The van der Waals surface area contributed by atoms with Crippen LogP contribution in [-0.4, -0.2) is 15.6 Å². The van der Waals surface area contributed by atoms with Crippen LogP contribution >= 0.6 is 11.6 Å². The lowest BCUT2D eigenvalue weighted by Gasteiger charge is -2.07. The monoisotopic (exact) mass is 299 g/mol. The number of nitrogens with two attached hydrogens (primary N) is 1. The minimum Gasteiger partial charge on any atom is -0.409 e. The first-order chi connectivity index (χ1) is 10.2. The van der Waals surface area contributed by atoms with Crippen LogP contribution in [0.2, 0.25) is 5.02 Å². The van der Waals surface area contributed by atoms with E-state index in [0.717, 1.165) is 28.0 Å². The lowest BCUT2D eigenvalue weighted by Crippen LogP contribution is -2.12. The van der Waals surface area contributed by atoms with E-state index in [-0.39, 0.29) is 5.84 Å². The van der Waals surface area contributed by atoms with Crippen LogP contribution in [-0.2, 0) is 6.54 Å². The first-order valence-corrected chi connectivity index (χ1v) is 6.86. The third-order valence-electron chi connectivity index (χ3n) is 3.42. The van der Waals surface area contributed by atoms with Crippen LogP contribution in [0.25, 0.3) is 10.9 Å². The molecule has 0 atom stereocenters. The summed E-state index contributed by atoms with van der Waals surface area (Å²) < 4.78 is 2.14. The average Bonchev–Trinajstić information content (AvgIpc) is 2.89. The van der Waals surface area contributed by atoms with E-state index in [0.29, 0.717) is 5.56 Å². The van der Waals surface area contributed by atoms with Crippen molar-refractivity contribution in [3.05, 3.63) is 70.9 Å². The molecule has 0 aliphatic rings. The fourth-order valence-electron chi connectivity index (χ4n) is 2.39. The minimum atomic E-state index is 0.111. The topological polar surface area (TPSA) is 63.5 Å². The molecule has 0 aliphatic carbocycles. The third kappa shape index (κ3) is 2.71. The summed E-state index contributed by atoms with van der Waals surface area (Å²) in [5.74, 6) is 0.111. The molecule has 1 aromatic heterocycles. The number of hydrogen-bond acceptors (Lipinski definition) is 2. The summed E-state index contributed by atoms with van der Waals surface area (Å²) in [6, 6.07) is 15.5. The zero-order valence-electron chi connectivity index (χ0n) is 11.2. The van der Waals surface area contributed by atoms with Gasteiger partial charge in [0, 0.05) is 34.2 Å². The Morgan fingerprint density at radius 3 is 2.81 bits per heavy atom. The van der Waals surface area contributed by atoms with Crippen molar-refractivity contribution in [3.8, 4) is 0 Å². The standard InChI is InChI=1S/C16H14ClN3O/c17-14-3-1-2-11(8-14)10-20-7-6-12-9-13(16(18)19-21)4-5-15(12)20/h1-9,21H,10H2,(H2,18,19). The quantitative estimate of drug-likeness (QED) is 0.337. The Kier molecular flexibility index (Phi) is 3.54. The predicted molar refractivity (Wildman–Crippen MR) is 85.0 cm³/mol. The molecule has 3 aromatic rings. The maximum absolute atomic E-state index is 8.73. The van der Waals surface area contributed by atoms with Gasteiger partial charge in [-0.15, -0.1) is 0 Å². The number of aromatic nitrogens is 1. The number of hydrogen-bond donors (Lipinski definition) is 2. The molecule has 0 amide bonds.